The van der Waals surface area contributed by atoms with Gasteiger partial charge in [0.15, 0.2) is 0 Å². The number of carbonyl (C=O) groups is 2. The number of aromatic nitrogens is 1. The second-order valence-corrected chi connectivity index (χ2v) is 8.90. The maximum Gasteiger partial charge on any atom is 0.323 e. The minimum atomic E-state index is -0.648. The maximum atomic E-state index is 13.3. The Bertz CT molecular complexity index is 988. The highest BCUT2D eigenvalue weighted by atomic mass is 35.5. The van der Waals surface area contributed by atoms with E-state index in [0.717, 1.165) is 31.5 Å². The summed E-state index contributed by atoms with van der Waals surface area (Å²) in [5, 5.41) is 9.82. The van der Waals surface area contributed by atoms with Crippen LogP contribution in [0.25, 0.3) is 0 Å². The molecule has 3 heterocycles. The average molecular weight is 472 g/mol. The predicted molar refractivity (Wildman–Crippen MR) is 128 cm³/mol. The number of ether oxygens (including phenoxy) is 1. The number of urea groups is 1. The van der Waals surface area contributed by atoms with Crippen LogP contribution in [0.3, 0.4) is 0 Å². The number of pyridine rings is 1. The molecule has 3 aliphatic rings. The van der Waals surface area contributed by atoms with Gasteiger partial charge in [-0.15, -0.1) is 0 Å². The summed E-state index contributed by atoms with van der Waals surface area (Å²) >= 11 is 5.87. The van der Waals surface area contributed by atoms with Crippen LogP contribution < -0.4 is 16.0 Å². The maximum absolute atomic E-state index is 13.3. The quantitative estimate of drug-likeness (QED) is 0.611. The van der Waals surface area contributed by atoms with E-state index >= 15 is 0 Å². The summed E-state index contributed by atoms with van der Waals surface area (Å²) < 4.78 is 5.46. The Balaban J connectivity index is 1.48. The Morgan fingerprint density at radius 3 is 2.91 bits per heavy atom. The first-order valence-electron chi connectivity index (χ1n) is 11.3. The topological polar surface area (TPSA) is 95.6 Å². The van der Waals surface area contributed by atoms with Crippen molar-refractivity contribution >= 4 is 29.4 Å². The molecule has 1 aromatic heterocycles. The van der Waals surface area contributed by atoms with Gasteiger partial charge in [-0.2, -0.15) is 0 Å². The summed E-state index contributed by atoms with van der Waals surface area (Å²) in [4.78, 5) is 31.8. The van der Waals surface area contributed by atoms with E-state index in [1.165, 1.54) is 22.2 Å². The van der Waals surface area contributed by atoms with Crippen molar-refractivity contribution in [1.82, 2.24) is 20.5 Å². The van der Waals surface area contributed by atoms with Crippen molar-refractivity contribution in [2.45, 2.75) is 50.8 Å². The molecule has 0 spiro atoms. The van der Waals surface area contributed by atoms with E-state index < -0.39 is 12.1 Å². The molecule has 3 amide bonds. The fourth-order valence-electron chi connectivity index (χ4n) is 4.64. The van der Waals surface area contributed by atoms with Crippen LogP contribution >= 0.6 is 11.6 Å². The summed E-state index contributed by atoms with van der Waals surface area (Å²) in [7, 11) is 1.59. The molecule has 3 atom stereocenters. The molecule has 9 heteroatoms. The van der Waals surface area contributed by atoms with E-state index in [1.54, 1.807) is 19.2 Å². The number of hydrogen-bond acceptors (Lipinski definition) is 5. The minimum absolute atomic E-state index is 0.215. The molecule has 4 rings (SSSR count). The molecule has 33 heavy (non-hydrogen) atoms. The number of hydrogen-bond donors (Lipinski definition) is 3. The van der Waals surface area contributed by atoms with E-state index in [9.17, 15) is 9.59 Å². The number of nitrogens with zero attached hydrogens (tertiary/aromatic N) is 2. The Morgan fingerprint density at radius 1 is 1.33 bits per heavy atom. The van der Waals surface area contributed by atoms with Gasteiger partial charge in [0.05, 0.1) is 11.1 Å². The van der Waals surface area contributed by atoms with Gasteiger partial charge in [-0.05, 0) is 61.2 Å². The van der Waals surface area contributed by atoms with Crippen LogP contribution in [0.4, 0.5) is 10.6 Å². The van der Waals surface area contributed by atoms with Gasteiger partial charge in [0.2, 0.25) is 5.91 Å². The molecule has 8 nitrogen and oxygen atoms in total. The van der Waals surface area contributed by atoms with Crippen LogP contribution in [0.2, 0.25) is 5.02 Å². The van der Waals surface area contributed by atoms with Crippen LogP contribution in [-0.4, -0.2) is 60.2 Å². The Hall–Kier alpha value is -2.68. The summed E-state index contributed by atoms with van der Waals surface area (Å²) in [5.74, 6) is 0.143. The molecule has 1 aromatic rings. The van der Waals surface area contributed by atoms with Gasteiger partial charge in [0, 0.05) is 38.0 Å². The van der Waals surface area contributed by atoms with Gasteiger partial charge < -0.3 is 20.3 Å². The SMILES string of the molecule is CCC1NCCC2=C1CC=CC(NC(=O)C1CC(OC)CN1C(=O)Nc1ccc(Cl)cn1)=C2. The van der Waals surface area contributed by atoms with Crippen molar-refractivity contribution in [3.63, 3.8) is 0 Å². The first-order chi connectivity index (χ1) is 16.0. The Kier molecular flexibility index (Phi) is 7.47. The fourth-order valence-corrected chi connectivity index (χ4v) is 4.75. The summed E-state index contributed by atoms with van der Waals surface area (Å²) in [6, 6.07) is 2.60. The second kappa shape index (κ2) is 10.5. The zero-order valence-electron chi connectivity index (χ0n) is 18.9. The van der Waals surface area contributed by atoms with Crippen molar-refractivity contribution in [2.24, 2.45) is 0 Å². The molecule has 176 valence electrons. The summed E-state index contributed by atoms with van der Waals surface area (Å²) in [6.07, 6.45) is 10.6. The molecule has 0 radical (unpaired) electrons. The number of amides is 3. The molecule has 3 unspecified atom stereocenters. The number of likely N-dealkylation sites (tertiary alicyclic amines) is 1. The van der Waals surface area contributed by atoms with E-state index in [-0.39, 0.29) is 12.0 Å². The third-order valence-electron chi connectivity index (χ3n) is 6.38. The first kappa shape index (κ1) is 23.5. The van der Waals surface area contributed by atoms with Crippen molar-refractivity contribution < 1.29 is 14.3 Å². The van der Waals surface area contributed by atoms with Crippen molar-refractivity contribution in [1.29, 1.82) is 0 Å². The lowest BCUT2D eigenvalue weighted by Crippen LogP contribution is -2.47. The number of halogens is 1. The molecular weight excluding hydrogens is 442 g/mol. The Labute approximate surface area is 199 Å². The standard InChI is InChI=1S/C24H30ClN5O3/c1-3-20-19-6-4-5-17(11-15(19)9-10-26-20)28-23(31)21-12-18(33-2)14-30(21)24(32)29-22-8-7-16(25)13-27-22/h4-5,7-8,11,13,18,20-21,26H,3,6,9-10,12,14H2,1-2H3,(H,28,31)(H,27,29,32). The van der Waals surface area contributed by atoms with Crippen LogP contribution in [-0.2, 0) is 9.53 Å². The smallest absolute Gasteiger partial charge is 0.323 e. The monoisotopic (exact) mass is 471 g/mol. The lowest BCUT2D eigenvalue weighted by Gasteiger charge is -2.27. The zero-order chi connectivity index (χ0) is 23.4. The molecule has 2 aliphatic heterocycles. The third-order valence-corrected chi connectivity index (χ3v) is 6.60. The van der Waals surface area contributed by atoms with Gasteiger partial charge in [0.25, 0.3) is 0 Å². The molecule has 0 saturated carbocycles. The lowest BCUT2D eigenvalue weighted by atomic mass is 9.91. The lowest BCUT2D eigenvalue weighted by molar-refractivity contribution is -0.123. The van der Waals surface area contributed by atoms with Gasteiger partial charge in [-0.25, -0.2) is 9.78 Å². The number of methoxy groups -OCH3 is 1. The largest absolute Gasteiger partial charge is 0.380 e. The van der Waals surface area contributed by atoms with Crippen LogP contribution in [0.5, 0.6) is 0 Å². The number of carbonyl (C=O) groups excluding carboxylic acids is 2. The predicted octanol–water partition coefficient (Wildman–Crippen LogP) is 3.38. The number of allylic oxidation sites excluding steroid dienone is 3. The van der Waals surface area contributed by atoms with E-state index in [2.05, 4.69) is 40.0 Å². The van der Waals surface area contributed by atoms with Crippen molar-refractivity contribution in [2.75, 3.05) is 25.5 Å². The highest BCUT2D eigenvalue weighted by Gasteiger charge is 2.40. The van der Waals surface area contributed by atoms with Crippen LogP contribution in [0, 0.1) is 0 Å². The molecule has 0 aromatic carbocycles. The Morgan fingerprint density at radius 2 is 2.18 bits per heavy atom. The van der Waals surface area contributed by atoms with E-state index in [0.29, 0.717) is 29.8 Å². The second-order valence-electron chi connectivity index (χ2n) is 8.46. The van der Waals surface area contributed by atoms with E-state index in [1.807, 2.05) is 6.08 Å². The van der Waals surface area contributed by atoms with Crippen molar-refractivity contribution in [3.8, 4) is 0 Å². The highest BCUT2D eigenvalue weighted by Crippen LogP contribution is 2.28. The van der Waals surface area contributed by atoms with Crippen molar-refractivity contribution in [3.05, 3.63) is 58.4 Å². The zero-order valence-corrected chi connectivity index (χ0v) is 19.7. The number of nitrogens with one attached hydrogen (secondary N) is 3. The minimum Gasteiger partial charge on any atom is -0.380 e. The van der Waals surface area contributed by atoms with E-state index in [4.69, 9.17) is 16.3 Å². The molecular formula is C24H30ClN5O3. The number of rotatable bonds is 5. The molecule has 1 saturated heterocycles. The third kappa shape index (κ3) is 5.46. The summed E-state index contributed by atoms with van der Waals surface area (Å²) in [6.45, 7) is 3.43. The van der Waals surface area contributed by atoms with Gasteiger partial charge in [0.1, 0.15) is 11.9 Å². The van der Waals surface area contributed by atoms with Crippen LogP contribution in [0.15, 0.2) is 53.4 Å². The molecule has 1 aliphatic carbocycles. The highest BCUT2D eigenvalue weighted by molar-refractivity contribution is 6.30. The fraction of sp³-hybridized carbons (Fsp3) is 0.458. The van der Waals surface area contributed by atoms with Crippen LogP contribution in [0.1, 0.15) is 32.6 Å². The van der Waals surface area contributed by atoms with Gasteiger partial charge in [-0.3, -0.25) is 10.1 Å². The molecule has 3 N–H and O–H groups in total. The van der Waals surface area contributed by atoms with Gasteiger partial charge >= 0.3 is 6.03 Å². The molecule has 0 bridgehead atoms. The summed E-state index contributed by atoms with van der Waals surface area (Å²) in [5.41, 5.74) is 3.42. The normalized spacial score (nSPS) is 24.8. The first-order valence-corrected chi connectivity index (χ1v) is 11.7. The van der Waals surface area contributed by atoms with Gasteiger partial charge in [-0.1, -0.05) is 24.6 Å². The average Bonchev–Trinajstić information content (AvgIpc) is 3.15. The number of anilines is 1. The molecule has 1 fully saturated rings.